The number of hydrogen-bond donors (Lipinski definition) is 18. The molecule has 642 valence electrons. The Hall–Kier alpha value is -13.4. The van der Waals surface area contributed by atoms with Gasteiger partial charge in [0.25, 0.3) is 0 Å². The van der Waals surface area contributed by atoms with Crippen molar-refractivity contribution in [1.82, 2.24) is 4.90 Å². The third kappa shape index (κ3) is 28.2. The van der Waals surface area contributed by atoms with E-state index in [1.807, 2.05) is 0 Å². The van der Waals surface area contributed by atoms with Crippen molar-refractivity contribution in [2.45, 2.75) is 188 Å². The molecule has 0 aliphatic carbocycles. The topological polar surface area (TPSA) is 615 Å². The molecule has 6 unspecified atom stereocenters. The van der Waals surface area contributed by atoms with Crippen LogP contribution in [0.25, 0.3) is 0 Å². The molecule has 5 aromatic rings. The van der Waals surface area contributed by atoms with Crippen LogP contribution < -0.4 is 0 Å². The van der Waals surface area contributed by atoms with Crippen molar-refractivity contribution in [1.29, 1.82) is 0 Å². The highest BCUT2D eigenvalue weighted by Crippen LogP contribution is 2.27. The molecule has 120 heavy (non-hydrogen) atoms. The number of phenols is 2. The van der Waals surface area contributed by atoms with Crippen molar-refractivity contribution in [3.63, 3.8) is 0 Å². The van der Waals surface area contributed by atoms with E-state index in [4.69, 9.17) is 9.47 Å². The molecule has 1 saturated heterocycles. The number of carbonyl (C=O) groups excluding carboxylic acids is 3. The van der Waals surface area contributed by atoms with E-state index in [2.05, 4.69) is 64.9 Å². The van der Waals surface area contributed by atoms with Crippen LogP contribution in [0.1, 0.15) is 99.5 Å². The first-order valence-electron chi connectivity index (χ1n) is 38.5. The Morgan fingerprint density at radius 2 is 1.01 bits per heavy atom. The number of aromatic hydroxyl groups is 2. The number of carbonyl (C=O) groups is 4. The minimum Gasteiger partial charge on any atom is -0.508 e. The van der Waals surface area contributed by atoms with Gasteiger partial charge in [-0.25, -0.2) is 64.7 Å². The van der Waals surface area contributed by atoms with Crippen LogP contribution in [0.3, 0.4) is 0 Å². The molecule has 0 aromatic heterocycles. The maximum atomic E-state index is 15.4. The van der Waals surface area contributed by atoms with Crippen molar-refractivity contribution in [3.05, 3.63) is 167 Å². The fourth-order valence-electron chi connectivity index (χ4n) is 12.9. The lowest BCUT2D eigenvalue weighted by molar-refractivity contribution is -0.148. The molecule has 1 amide bonds. The average molecular weight is 1670 g/mol. The molecule has 18 N–H and O–H groups in total. The number of nitrogens with zero attached hydrogens (tertiary/aromatic N) is 14. The number of rotatable bonds is 23. The summed E-state index contributed by atoms with van der Waals surface area (Å²) in [4.78, 5) is 113. The van der Waals surface area contributed by atoms with Crippen LogP contribution in [0.5, 0.6) is 11.5 Å². The van der Waals surface area contributed by atoms with Gasteiger partial charge in [-0.2, -0.15) is 0 Å². The Balaban J connectivity index is 1.42. The van der Waals surface area contributed by atoms with Gasteiger partial charge in [-0.1, -0.05) is 115 Å². The van der Waals surface area contributed by atoms with Crippen LogP contribution in [0.4, 0.5) is 0 Å². The molecule has 1 fully saturated rings. The van der Waals surface area contributed by atoms with Gasteiger partial charge in [-0.05, 0) is 97.5 Å². The van der Waals surface area contributed by atoms with Crippen LogP contribution in [0.15, 0.2) is 204 Å². The number of carboxylic acid groups (broad SMARTS) is 1. The van der Waals surface area contributed by atoms with E-state index in [1.165, 1.54) is 55.5 Å². The Labute approximate surface area is 688 Å². The standard InChI is InChI=1S/C82H100N14O24/c1-45-69(95-78(113)64(44-98)93-72(107)56(84-46(2)99)36-47-16-7-4-8-17-47)80(115)90-58(38-50-24-28-52(100)29-25-50)74(109)85-54-22-13-14-34-83-66(102)41-59(75(110)92-62(82(117)118)40-49-20-11-6-12-21-49)88-71(106)55(32-33-67(103)119-3)86-73(108)57(37-48-18-9-5-10-19-48)87-76(111)60(42-68(104)120-45)89-77(112)63(43-97)94-79(114)65-23-15-35-96(65)81(116)61(91-70(54)105)39-51-26-30-53(101)31-27-51/h4-12,16-21,24-31,45,54-65,69,97-98,100-101H,13-15,22-23,32-44H2,1-3H3,(H,83,102)(H,84,99)(H,85,109)(H,86,108)(H,87,111)(H,88,106)(H,89,112)(H,90,115)(H,91,105)(H,92,110)(H,93,107)(H,94,114)(H,95,113)(H,117,118)/t45-,54-,55+,56?,57-,58-,59?,60?,61?,62?,63-,64?,65-,69-/m0/s1. The van der Waals surface area contributed by atoms with Gasteiger partial charge in [-0.15, -0.1) is 0 Å². The summed E-state index contributed by atoms with van der Waals surface area (Å²) < 4.78 is 10.8. The summed E-state index contributed by atoms with van der Waals surface area (Å²) >= 11 is 0. The number of methoxy groups -OCH3 is 1. The number of amides is 1. The van der Waals surface area contributed by atoms with Gasteiger partial charge in [-0.3, -0.25) is 19.4 Å². The summed E-state index contributed by atoms with van der Waals surface area (Å²) in [6, 6.07) is 11.4. The third-order valence-electron chi connectivity index (χ3n) is 19.3. The van der Waals surface area contributed by atoms with Gasteiger partial charge in [0.05, 0.1) is 33.2 Å². The van der Waals surface area contributed by atoms with Crippen LogP contribution in [-0.4, -0.2) is 315 Å². The van der Waals surface area contributed by atoms with Crippen molar-refractivity contribution in [3.8, 4) is 11.5 Å². The summed E-state index contributed by atoms with van der Waals surface area (Å²) in [5.74, 6) is -18.4. The molecule has 0 radical (unpaired) electrons. The molecule has 0 spiro atoms. The number of carboxylic acids is 1. The number of phenolic OH excluding ortho intramolecular Hbond substituents is 2. The molecule has 14 atom stereocenters. The summed E-state index contributed by atoms with van der Waals surface area (Å²) in [7, 11) is 1.05. The maximum absolute atomic E-state index is 15.4. The molecule has 38 heteroatoms. The van der Waals surface area contributed by atoms with E-state index < -0.39 is 237 Å². The second-order valence-electron chi connectivity index (χ2n) is 28.4. The number of aliphatic imine (C=N–C) groups is 13. The SMILES string of the molecule is COC(=O)CC[C@H]1N=C(O)[C@H](Cc2ccccc2)N=C(O)C2CC(=O)O[C@@H](C)[C@H](N=C(O)C(CO)N=C(O)C(Cc3ccccc3)N=C(C)O)C(O)=N[C@@H](Cc3ccc(O)cc3)C(O)=N[C@@H](CCCCN=C(O)CC(C(O)=NC(Cc3ccccc3)C(=O)O)N=C1O)C(O)=NC(Cc1ccc(O)cc1)C(=O)N1CCC[C@H]1C(O)=N[C@@H](CO)C(O)=N2. The van der Waals surface area contributed by atoms with Gasteiger partial charge < -0.3 is 106 Å². The first-order valence-corrected chi connectivity index (χ1v) is 38.5. The molecule has 3 aliphatic heterocycles. The highest BCUT2D eigenvalue weighted by Gasteiger charge is 2.40. The van der Waals surface area contributed by atoms with E-state index in [9.17, 15) is 106 Å². The van der Waals surface area contributed by atoms with Crippen molar-refractivity contribution < 1.29 is 121 Å². The predicted molar refractivity (Wildman–Crippen MR) is 447 cm³/mol. The van der Waals surface area contributed by atoms with Gasteiger partial charge in [0.1, 0.15) is 72.0 Å². The van der Waals surface area contributed by atoms with E-state index in [0.29, 0.717) is 22.3 Å². The molecule has 8 rings (SSSR count). The fraction of sp³-hybridized carbons (Fsp3) is 0.427. The highest BCUT2D eigenvalue weighted by molar-refractivity contribution is 5.98. The maximum Gasteiger partial charge on any atom is 0.328 e. The fourth-order valence-corrected chi connectivity index (χ4v) is 12.9. The summed E-state index contributed by atoms with van der Waals surface area (Å²) in [5.41, 5.74) is 2.02. The summed E-state index contributed by atoms with van der Waals surface area (Å²) in [5, 5.41) is 210. The molecular formula is C82H100N14O24. The molecule has 0 saturated carbocycles. The number of aliphatic hydroxyl groups excluding tert-OH is 15. The second-order valence-corrected chi connectivity index (χ2v) is 28.4. The number of hydrogen-bond acceptors (Lipinski definition) is 23. The lowest BCUT2D eigenvalue weighted by Crippen LogP contribution is -2.46. The zero-order valence-corrected chi connectivity index (χ0v) is 65.9. The van der Waals surface area contributed by atoms with Crippen molar-refractivity contribution >= 4 is 100 Å². The second kappa shape index (κ2) is 45.4. The quantitative estimate of drug-likeness (QED) is 0.0172. The minimum atomic E-state index is -2.27. The Morgan fingerprint density at radius 1 is 0.508 bits per heavy atom. The highest BCUT2D eigenvalue weighted by atomic mass is 16.5. The first kappa shape index (κ1) is 92.1. The number of aliphatic carboxylic acids is 1. The number of esters is 2. The van der Waals surface area contributed by atoms with E-state index >= 15 is 4.79 Å². The summed E-state index contributed by atoms with van der Waals surface area (Å²) in [6.45, 7) is -0.495. The van der Waals surface area contributed by atoms with Crippen LogP contribution in [0.2, 0.25) is 0 Å². The lowest BCUT2D eigenvalue weighted by Gasteiger charge is -2.27. The average Bonchev–Trinajstić information content (AvgIpc) is 1.64. The minimum absolute atomic E-state index is 0.0162. The lowest BCUT2D eigenvalue weighted by atomic mass is 10.0. The van der Waals surface area contributed by atoms with Crippen LogP contribution in [-0.2, 0) is 60.8 Å². The first-order chi connectivity index (χ1) is 57.4. The zero-order chi connectivity index (χ0) is 87.1. The smallest absolute Gasteiger partial charge is 0.328 e. The number of ether oxygens (including phenoxy) is 2. The van der Waals surface area contributed by atoms with E-state index in [0.717, 1.165) is 18.9 Å². The molecular weight excluding hydrogens is 1560 g/mol. The molecule has 2 bridgehead atoms. The monoisotopic (exact) mass is 1660 g/mol. The van der Waals surface area contributed by atoms with Gasteiger partial charge in [0.15, 0.2) is 36.0 Å². The predicted octanol–water partition coefficient (Wildman–Crippen LogP) is 7.41. The normalized spacial score (nSPS) is 24.0. The van der Waals surface area contributed by atoms with Crippen molar-refractivity contribution in [2.24, 2.45) is 64.9 Å². The van der Waals surface area contributed by atoms with Crippen LogP contribution >= 0.6 is 0 Å². The largest absolute Gasteiger partial charge is 0.508 e. The zero-order valence-electron chi connectivity index (χ0n) is 65.9. The van der Waals surface area contributed by atoms with E-state index in [1.54, 1.807) is 91.0 Å². The number of fused-ring (bicyclic) bond motifs is 10. The molecule has 38 nitrogen and oxygen atoms in total. The Bertz CT molecular complexity index is 4690. The van der Waals surface area contributed by atoms with Gasteiger partial charge in [0, 0.05) is 58.5 Å². The number of aliphatic hydroxyl groups is 15. The Morgan fingerprint density at radius 3 is 1.57 bits per heavy atom. The van der Waals surface area contributed by atoms with Crippen molar-refractivity contribution in [2.75, 3.05) is 33.4 Å². The van der Waals surface area contributed by atoms with Gasteiger partial charge in [0.2, 0.25) is 70.8 Å². The van der Waals surface area contributed by atoms with Crippen LogP contribution in [0, 0.1) is 0 Å². The number of benzene rings is 5. The third-order valence-corrected chi connectivity index (χ3v) is 19.3. The molecule has 5 aromatic carbocycles. The van der Waals surface area contributed by atoms with E-state index in [-0.39, 0.29) is 81.5 Å². The Kier molecular flexibility index (Phi) is 34.8. The summed E-state index contributed by atoms with van der Waals surface area (Å²) in [6.07, 6.45) is -7.27. The molecule has 3 heterocycles. The van der Waals surface area contributed by atoms with Gasteiger partial charge >= 0.3 is 17.9 Å². The molecule has 3 aliphatic rings.